The average Bonchev–Trinajstić information content (AvgIpc) is 3.44. The number of hydrogen-bond acceptors (Lipinski definition) is 6. The van der Waals surface area contributed by atoms with Crippen LogP contribution >= 0.6 is 11.3 Å². The number of cyclic esters (lactones) is 1. The summed E-state index contributed by atoms with van der Waals surface area (Å²) in [6.45, 7) is 0.938. The Hall–Kier alpha value is -3.21. The van der Waals surface area contributed by atoms with Crippen LogP contribution in [-0.4, -0.2) is 33.6 Å². The minimum absolute atomic E-state index is 0.00488. The van der Waals surface area contributed by atoms with Crippen LogP contribution in [0.3, 0.4) is 0 Å². The van der Waals surface area contributed by atoms with E-state index in [1.807, 2.05) is 17.5 Å². The van der Waals surface area contributed by atoms with Gasteiger partial charge in [-0.3, -0.25) is 9.69 Å². The summed E-state index contributed by atoms with van der Waals surface area (Å²) >= 11 is 1.45. The van der Waals surface area contributed by atoms with E-state index in [1.54, 1.807) is 24.3 Å². The SMILES string of the molecule is O=C(Nc1cccc(N2CCOC2=O)c1)c1cccc(S(=O)(=O)NCc2cccs2)c1. The fourth-order valence-corrected chi connectivity index (χ4v) is 4.84. The van der Waals surface area contributed by atoms with Crippen LogP contribution in [-0.2, 0) is 21.3 Å². The molecule has 4 rings (SSSR count). The van der Waals surface area contributed by atoms with Crippen LogP contribution in [0.2, 0.25) is 0 Å². The number of thiophene rings is 1. The van der Waals surface area contributed by atoms with Crippen molar-refractivity contribution in [2.45, 2.75) is 11.4 Å². The molecule has 1 fully saturated rings. The smallest absolute Gasteiger partial charge is 0.414 e. The van der Waals surface area contributed by atoms with Crippen molar-refractivity contribution in [1.82, 2.24) is 4.72 Å². The van der Waals surface area contributed by atoms with Crippen molar-refractivity contribution in [1.29, 1.82) is 0 Å². The summed E-state index contributed by atoms with van der Waals surface area (Å²) in [7, 11) is -3.77. The zero-order chi connectivity index (χ0) is 21.8. The lowest BCUT2D eigenvalue weighted by atomic mass is 10.2. The number of anilines is 2. The van der Waals surface area contributed by atoms with Crippen molar-refractivity contribution in [2.75, 3.05) is 23.4 Å². The molecule has 0 unspecified atom stereocenters. The highest BCUT2D eigenvalue weighted by atomic mass is 32.2. The Bertz CT molecular complexity index is 1210. The molecule has 8 nitrogen and oxygen atoms in total. The summed E-state index contributed by atoms with van der Waals surface area (Å²) in [5.41, 5.74) is 1.28. The van der Waals surface area contributed by atoms with Gasteiger partial charge in [-0.2, -0.15) is 0 Å². The van der Waals surface area contributed by atoms with E-state index < -0.39 is 22.0 Å². The highest BCUT2D eigenvalue weighted by molar-refractivity contribution is 7.89. The molecule has 1 aliphatic heterocycles. The van der Waals surface area contributed by atoms with Crippen LogP contribution in [0.25, 0.3) is 0 Å². The van der Waals surface area contributed by atoms with E-state index >= 15 is 0 Å². The van der Waals surface area contributed by atoms with Gasteiger partial charge >= 0.3 is 6.09 Å². The molecular weight excluding hydrogens is 438 g/mol. The highest BCUT2D eigenvalue weighted by Gasteiger charge is 2.24. The second-order valence-corrected chi connectivity index (χ2v) is 9.50. The third kappa shape index (κ3) is 4.93. The number of rotatable bonds is 7. The second kappa shape index (κ2) is 8.88. The molecule has 2 aromatic carbocycles. The maximum absolute atomic E-state index is 12.7. The molecule has 0 radical (unpaired) electrons. The molecule has 10 heteroatoms. The number of hydrogen-bond donors (Lipinski definition) is 2. The lowest BCUT2D eigenvalue weighted by molar-refractivity contribution is 0.102. The standard InChI is InChI=1S/C21H19N3O5S2/c25-20(23-16-5-2-6-17(13-16)24-9-10-29-21(24)26)15-4-1-8-19(12-15)31(27,28)22-14-18-7-3-11-30-18/h1-8,11-13,22H,9-10,14H2,(H,23,25). The van der Waals surface area contributed by atoms with Crippen molar-refractivity contribution in [3.8, 4) is 0 Å². The number of sulfonamides is 1. The van der Waals surface area contributed by atoms with Crippen molar-refractivity contribution in [3.63, 3.8) is 0 Å². The topological polar surface area (TPSA) is 105 Å². The van der Waals surface area contributed by atoms with Gasteiger partial charge in [0.05, 0.1) is 11.4 Å². The van der Waals surface area contributed by atoms with Gasteiger partial charge in [-0.1, -0.05) is 18.2 Å². The van der Waals surface area contributed by atoms with Crippen LogP contribution in [0.4, 0.5) is 16.2 Å². The van der Waals surface area contributed by atoms with Crippen LogP contribution in [0.5, 0.6) is 0 Å². The summed E-state index contributed by atoms with van der Waals surface area (Å²) in [5.74, 6) is -0.462. The first-order valence-corrected chi connectivity index (χ1v) is 11.8. The van der Waals surface area contributed by atoms with Crippen molar-refractivity contribution >= 4 is 44.7 Å². The van der Waals surface area contributed by atoms with E-state index in [0.29, 0.717) is 24.5 Å². The number of nitrogens with one attached hydrogen (secondary N) is 2. The van der Waals surface area contributed by atoms with Crippen LogP contribution in [0.15, 0.2) is 70.9 Å². The molecule has 0 saturated carbocycles. The summed E-state index contributed by atoms with van der Waals surface area (Å²) in [4.78, 5) is 26.8. The molecule has 2 amide bonds. The highest BCUT2D eigenvalue weighted by Crippen LogP contribution is 2.23. The Morgan fingerprint density at radius 1 is 1.10 bits per heavy atom. The molecule has 0 aliphatic carbocycles. The zero-order valence-corrected chi connectivity index (χ0v) is 17.9. The van der Waals surface area contributed by atoms with Crippen LogP contribution < -0.4 is 14.9 Å². The van der Waals surface area contributed by atoms with Crippen molar-refractivity contribution < 1.29 is 22.7 Å². The third-order valence-electron chi connectivity index (χ3n) is 4.60. The Balaban J connectivity index is 1.48. The van der Waals surface area contributed by atoms with Gasteiger partial charge in [-0.05, 0) is 47.8 Å². The van der Waals surface area contributed by atoms with Gasteiger partial charge in [-0.25, -0.2) is 17.9 Å². The van der Waals surface area contributed by atoms with Crippen molar-refractivity contribution in [3.05, 3.63) is 76.5 Å². The van der Waals surface area contributed by atoms with Gasteiger partial charge in [0.2, 0.25) is 10.0 Å². The maximum Gasteiger partial charge on any atom is 0.414 e. The van der Waals surface area contributed by atoms with Crippen LogP contribution in [0.1, 0.15) is 15.2 Å². The monoisotopic (exact) mass is 457 g/mol. The number of nitrogens with zero attached hydrogens (tertiary/aromatic N) is 1. The van der Waals surface area contributed by atoms with E-state index in [-0.39, 0.29) is 17.0 Å². The molecule has 160 valence electrons. The van der Waals surface area contributed by atoms with E-state index in [1.165, 1.54) is 40.5 Å². The number of carbonyl (C=O) groups excluding carboxylic acids is 2. The summed E-state index contributed by atoms with van der Waals surface area (Å²) in [5, 5.41) is 4.61. The fourth-order valence-electron chi connectivity index (χ4n) is 3.05. The number of benzene rings is 2. The van der Waals surface area contributed by atoms with Gasteiger partial charge in [0.25, 0.3) is 5.91 Å². The lowest BCUT2D eigenvalue weighted by Gasteiger charge is -2.14. The zero-order valence-electron chi connectivity index (χ0n) is 16.3. The quantitative estimate of drug-likeness (QED) is 0.566. The molecular formula is C21H19N3O5S2. The molecule has 1 aromatic heterocycles. The average molecular weight is 458 g/mol. The van der Waals surface area contributed by atoms with Gasteiger partial charge in [-0.15, -0.1) is 11.3 Å². The molecule has 0 atom stereocenters. The van der Waals surface area contributed by atoms with Crippen LogP contribution in [0, 0.1) is 0 Å². The van der Waals surface area contributed by atoms with E-state index in [2.05, 4.69) is 10.0 Å². The Morgan fingerprint density at radius 2 is 1.94 bits per heavy atom. The molecule has 2 heterocycles. The van der Waals surface area contributed by atoms with Gasteiger partial charge < -0.3 is 10.1 Å². The largest absolute Gasteiger partial charge is 0.447 e. The fraction of sp³-hybridized carbons (Fsp3) is 0.143. The Labute approximate surface area is 183 Å². The summed E-state index contributed by atoms with van der Waals surface area (Å²) in [6, 6.07) is 16.3. The van der Waals surface area contributed by atoms with Gasteiger partial charge in [0.1, 0.15) is 6.61 Å². The first kappa shape index (κ1) is 21.0. The number of ether oxygens (including phenoxy) is 1. The number of amides is 2. The molecule has 0 bridgehead atoms. The predicted molar refractivity (Wildman–Crippen MR) is 118 cm³/mol. The van der Waals surface area contributed by atoms with Gasteiger partial charge in [0, 0.05) is 28.4 Å². The molecule has 1 saturated heterocycles. The van der Waals surface area contributed by atoms with Gasteiger partial charge in [0.15, 0.2) is 0 Å². The predicted octanol–water partition coefficient (Wildman–Crippen LogP) is 3.44. The molecule has 1 aliphatic rings. The summed E-state index contributed by atoms with van der Waals surface area (Å²) in [6.07, 6.45) is -0.434. The Kier molecular flexibility index (Phi) is 6.03. The number of carbonyl (C=O) groups is 2. The molecule has 0 spiro atoms. The maximum atomic E-state index is 12.7. The van der Waals surface area contributed by atoms with E-state index in [9.17, 15) is 18.0 Å². The molecule has 31 heavy (non-hydrogen) atoms. The Morgan fingerprint density at radius 3 is 2.68 bits per heavy atom. The third-order valence-corrected chi connectivity index (χ3v) is 6.87. The summed E-state index contributed by atoms with van der Waals surface area (Å²) < 4.78 is 32.7. The van der Waals surface area contributed by atoms with Crippen molar-refractivity contribution in [2.24, 2.45) is 0 Å². The minimum atomic E-state index is -3.77. The second-order valence-electron chi connectivity index (χ2n) is 6.70. The molecule has 3 aromatic rings. The van der Waals surface area contributed by atoms with E-state index in [0.717, 1.165) is 4.88 Å². The minimum Gasteiger partial charge on any atom is -0.447 e. The first-order chi connectivity index (χ1) is 14.9. The molecule has 2 N–H and O–H groups in total. The lowest BCUT2D eigenvalue weighted by Crippen LogP contribution is -2.24. The first-order valence-electron chi connectivity index (χ1n) is 9.40. The van der Waals surface area contributed by atoms with E-state index in [4.69, 9.17) is 4.74 Å². The normalized spacial score (nSPS) is 13.8.